The first kappa shape index (κ1) is 32.0. The van der Waals surface area contributed by atoms with Crippen molar-refractivity contribution in [1.29, 1.82) is 0 Å². The molecule has 1 aliphatic heterocycles. The van der Waals surface area contributed by atoms with Crippen molar-refractivity contribution in [2.24, 2.45) is 0 Å². The molecule has 4 heterocycles. The number of amides is 1. The number of hydrogen-bond donors (Lipinski definition) is 2. The minimum absolute atomic E-state index is 0.0938. The normalized spacial score (nSPS) is 12.8. The van der Waals surface area contributed by atoms with Crippen molar-refractivity contribution in [3.8, 4) is 23.1 Å². The molecule has 6 rings (SSSR count). The van der Waals surface area contributed by atoms with Crippen molar-refractivity contribution < 1.29 is 14.7 Å². The van der Waals surface area contributed by atoms with E-state index in [1.54, 1.807) is 47.5 Å². The molecule has 0 saturated carbocycles. The summed E-state index contributed by atoms with van der Waals surface area (Å²) in [5, 5.41) is 17.6. The Kier molecular flexibility index (Phi) is 9.97. The van der Waals surface area contributed by atoms with E-state index in [9.17, 15) is 19.5 Å². The number of nitrogens with one attached hydrogen (secondary N) is 1. The van der Waals surface area contributed by atoms with Gasteiger partial charge in [-0.2, -0.15) is 9.78 Å². The monoisotopic (exact) mass is 665 g/mol. The Morgan fingerprint density at radius 1 is 0.957 bits per heavy atom. The van der Waals surface area contributed by atoms with Crippen LogP contribution in [0.4, 0.5) is 5.82 Å². The van der Waals surface area contributed by atoms with Gasteiger partial charge in [0.05, 0.1) is 28.7 Å². The molecule has 0 spiro atoms. The second-order valence-electron chi connectivity index (χ2n) is 11.2. The van der Waals surface area contributed by atoms with Crippen LogP contribution in [0.2, 0.25) is 4.34 Å². The molecule has 0 unspecified atom stereocenters. The summed E-state index contributed by atoms with van der Waals surface area (Å²) < 4.78 is 3.28. The zero-order valence-corrected chi connectivity index (χ0v) is 27.1. The summed E-state index contributed by atoms with van der Waals surface area (Å²) in [6.07, 6.45) is 4.60. The fourth-order valence-corrected chi connectivity index (χ4v) is 6.43. The first-order chi connectivity index (χ1) is 22.9. The Bertz CT molecular complexity index is 2030. The Labute approximate surface area is 281 Å². The third-order valence-electron chi connectivity index (χ3n) is 7.86. The number of hydrogen-bond acceptors (Lipinski definition) is 7. The standard InChI is InChI=1S/C36H32ClN5O4S/c37-32-15-14-29(47-32)21-38-33-20-31(39-42(33)36(46)27-11-7-10-26(18-27)24-43)30-19-34(44)41(23-35(45)40-16-5-2-6-17-40)22-28(30)13-12-25-8-3-1-4-9-25/h1,3-4,7-11,14-15,18-20,22,38,43H,2,5-6,16-17,21,23-24H2. The number of aliphatic hydroxyl groups is 1. The lowest BCUT2D eigenvalue weighted by atomic mass is 10.1. The summed E-state index contributed by atoms with van der Waals surface area (Å²) in [7, 11) is 0. The zero-order valence-electron chi connectivity index (χ0n) is 25.5. The second-order valence-corrected chi connectivity index (χ2v) is 13.0. The number of aromatic nitrogens is 3. The highest BCUT2D eigenvalue weighted by atomic mass is 35.5. The molecule has 3 aromatic heterocycles. The van der Waals surface area contributed by atoms with Gasteiger partial charge >= 0.3 is 0 Å². The maximum absolute atomic E-state index is 13.8. The van der Waals surface area contributed by atoms with E-state index in [1.807, 2.05) is 36.4 Å². The fraction of sp³-hybridized carbons (Fsp3) is 0.222. The van der Waals surface area contributed by atoms with Crippen molar-refractivity contribution >= 4 is 40.6 Å². The molecule has 2 N–H and O–H groups in total. The van der Waals surface area contributed by atoms with Gasteiger partial charge in [-0.1, -0.05) is 53.8 Å². The molecule has 47 heavy (non-hydrogen) atoms. The maximum atomic E-state index is 13.8. The van der Waals surface area contributed by atoms with Crippen LogP contribution in [-0.2, 0) is 24.5 Å². The van der Waals surface area contributed by atoms with Crippen molar-refractivity contribution in [2.45, 2.75) is 39.0 Å². The van der Waals surface area contributed by atoms with Gasteiger partial charge in [-0.05, 0) is 61.2 Å². The maximum Gasteiger partial charge on any atom is 0.280 e. The van der Waals surface area contributed by atoms with E-state index in [-0.39, 0.29) is 24.6 Å². The lowest BCUT2D eigenvalue weighted by molar-refractivity contribution is -0.132. The third-order valence-corrected chi connectivity index (χ3v) is 9.09. The predicted molar refractivity (Wildman–Crippen MR) is 184 cm³/mol. The van der Waals surface area contributed by atoms with Gasteiger partial charge in [0.1, 0.15) is 12.4 Å². The van der Waals surface area contributed by atoms with Gasteiger partial charge in [0, 0.05) is 53.0 Å². The van der Waals surface area contributed by atoms with Crippen molar-refractivity contribution in [1.82, 2.24) is 19.2 Å². The Balaban J connectivity index is 1.42. The number of carbonyl (C=O) groups excluding carboxylic acids is 2. The molecule has 1 saturated heterocycles. The number of likely N-dealkylation sites (tertiary alicyclic amines) is 1. The largest absolute Gasteiger partial charge is 0.392 e. The van der Waals surface area contributed by atoms with Crippen molar-refractivity contribution in [3.63, 3.8) is 0 Å². The quantitative estimate of drug-likeness (QED) is 0.208. The average molecular weight is 666 g/mol. The summed E-state index contributed by atoms with van der Waals surface area (Å²) in [5.41, 5.74) is 2.59. The zero-order chi connectivity index (χ0) is 32.8. The summed E-state index contributed by atoms with van der Waals surface area (Å²) in [5.74, 6) is 6.21. The molecule has 0 bridgehead atoms. The Hall–Kier alpha value is -4.95. The van der Waals surface area contributed by atoms with E-state index in [4.69, 9.17) is 11.6 Å². The molecule has 1 aliphatic rings. The number of carbonyl (C=O) groups is 2. The van der Waals surface area contributed by atoms with Gasteiger partial charge in [-0.3, -0.25) is 14.4 Å². The minimum atomic E-state index is -0.421. The van der Waals surface area contributed by atoms with Crippen LogP contribution < -0.4 is 10.9 Å². The molecular weight excluding hydrogens is 634 g/mol. The molecule has 2 aromatic carbocycles. The van der Waals surface area contributed by atoms with Gasteiger partial charge in [0.2, 0.25) is 5.91 Å². The van der Waals surface area contributed by atoms with Crippen LogP contribution in [0.3, 0.4) is 0 Å². The molecule has 9 nitrogen and oxygen atoms in total. The van der Waals surface area contributed by atoms with Crippen LogP contribution in [0.1, 0.15) is 51.2 Å². The van der Waals surface area contributed by atoms with E-state index in [0.29, 0.717) is 57.7 Å². The smallest absolute Gasteiger partial charge is 0.280 e. The first-order valence-electron chi connectivity index (χ1n) is 15.3. The van der Waals surface area contributed by atoms with Crippen molar-refractivity contribution in [3.05, 3.63) is 127 Å². The van der Waals surface area contributed by atoms with Crippen LogP contribution in [0.25, 0.3) is 11.3 Å². The van der Waals surface area contributed by atoms with E-state index in [0.717, 1.165) is 29.7 Å². The molecular formula is C36H32ClN5O4S. The topological polar surface area (TPSA) is 109 Å². The highest BCUT2D eigenvalue weighted by molar-refractivity contribution is 7.16. The molecule has 1 amide bonds. The number of aliphatic hydroxyl groups excluding tert-OH is 1. The van der Waals surface area contributed by atoms with Crippen LogP contribution in [0.5, 0.6) is 0 Å². The number of benzene rings is 2. The Morgan fingerprint density at radius 2 is 1.77 bits per heavy atom. The minimum Gasteiger partial charge on any atom is -0.392 e. The number of halogens is 1. The van der Waals surface area contributed by atoms with Crippen LogP contribution >= 0.6 is 22.9 Å². The van der Waals surface area contributed by atoms with Crippen molar-refractivity contribution in [2.75, 3.05) is 18.4 Å². The number of anilines is 1. The lowest BCUT2D eigenvalue weighted by Gasteiger charge is -2.27. The molecule has 5 aromatic rings. The number of piperidine rings is 1. The third kappa shape index (κ3) is 7.72. The van der Waals surface area contributed by atoms with Gasteiger partial charge in [0.15, 0.2) is 0 Å². The Morgan fingerprint density at radius 3 is 2.51 bits per heavy atom. The van der Waals surface area contributed by atoms with Gasteiger partial charge in [-0.25, -0.2) is 0 Å². The number of nitrogens with zero attached hydrogens (tertiary/aromatic N) is 4. The SMILES string of the molecule is O=C(Cn1cc(C#Cc2ccccc2)c(-c2cc(NCc3ccc(Cl)s3)n(C(=O)c3cccc(CO)c3)n2)cc1=O)N1CCCCC1. The van der Waals surface area contributed by atoms with E-state index >= 15 is 0 Å². The van der Waals surface area contributed by atoms with E-state index in [2.05, 4.69) is 22.3 Å². The highest BCUT2D eigenvalue weighted by Gasteiger charge is 2.22. The summed E-state index contributed by atoms with van der Waals surface area (Å²) >= 11 is 7.56. The lowest BCUT2D eigenvalue weighted by Crippen LogP contribution is -2.39. The molecule has 238 valence electrons. The van der Waals surface area contributed by atoms with Crippen LogP contribution in [0, 0.1) is 11.8 Å². The summed E-state index contributed by atoms with van der Waals surface area (Å²) in [4.78, 5) is 43.1. The second kappa shape index (κ2) is 14.6. The molecule has 0 atom stereocenters. The summed E-state index contributed by atoms with van der Waals surface area (Å²) in [6.45, 7) is 1.45. The number of rotatable bonds is 8. The van der Waals surface area contributed by atoms with E-state index in [1.165, 1.54) is 26.7 Å². The molecule has 11 heteroatoms. The highest BCUT2D eigenvalue weighted by Crippen LogP contribution is 2.27. The first-order valence-corrected chi connectivity index (χ1v) is 16.5. The van der Waals surface area contributed by atoms with Gasteiger partial charge in [0.25, 0.3) is 11.5 Å². The molecule has 1 fully saturated rings. The molecule has 0 radical (unpaired) electrons. The van der Waals surface area contributed by atoms with Gasteiger partial charge in [-0.15, -0.1) is 11.3 Å². The van der Waals surface area contributed by atoms with Crippen LogP contribution in [-0.4, -0.2) is 49.3 Å². The summed E-state index contributed by atoms with van der Waals surface area (Å²) in [6, 6.07) is 23.0. The molecule has 0 aliphatic carbocycles. The van der Waals surface area contributed by atoms with E-state index < -0.39 is 5.91 Å². The number of thiophene rings is 1. The van der Waals surface area contributed by atoms with Gasteiger partial charge < -0.3 is 19.9 Å². The predicted octanol–water partition coefficient (Wildman–Crippen LogP) is 5.63. The number of pyridine rings is 1. The fourth-order valence-electron chi connectivity index (χ4n) is 5.40. The average Bonchev–Trinajstić information content (AvgIpc) is 3.73. The van der Waals surface area contributed by atoms with Crippen LogP contribution in [0.15, 0.2) is 89.9 Å².